The van der Waals surface area contributed by atoms with E-state index in [9.17, 15) is 4.79 Å². The average Bonchev–Trinajstić information content (AvgIpc) is 2.78. The molecule has 2 atom stereocenters. The predicted octanol–water partition coefficient (Wildman–Crippen LogP) is 2.56. The zero-order valence-corrected chi connectivity index (χ0v) is 10.4. The Morgan fingerprint density at radius 1 is 1.50 bits per heavy atom. The molecule has 0 bridgehead atoms. The molecule has 1 aliphatic rings. The zero-order chi connectivity index (χ0) is 13.0. The van der Waals surface area contributed by atoms with Crippen LogP contribution >= 0.6 is 0 Å². The van der Waals surface area contributed by atoms with Crippen molar-refractivity contribution in [1.29, 1.82) is 5.26 Å². The summed E-state index contributed by atoms with van der Waals surface area (Å²) >= 11 is 0. The minimum atomic E-state index is -0.394. The van der Waals surface area contributed by atoms with Gasteiger partial charge in [-0.1, -0.05) is 37.3 Å². The fraction of sp³-hybridized carbons (Fsp3) is 0.429. The van der Waals surface area contributed by atoms with Crippen molar-refractivity contribution in [2.75, 3.05) is 6.54 Å². The van der Waals surface area contributed by atoms with E-state index in [1.165, 1.54) is 4.90 Å². The molecule has 0 aromatic heterocycles. The van der Waals surface area contributed by atoms with Gasteiger partial charge in [-0.3, -0.25) is 4.90 Å². The quantitative estimate of drug-likeness (QED) is 0.803. The van der Waals surface area contributed by atoms with Crippen molar-refractivity contribution in [2.24, 2.45) is 5.92 Å². The van der Waals surface area contributed by atoms with Crippen molar-refractivity contribution < 1.29 is 9.53 Å². The zero-order valence-electron chi connectivity index (χ0n) is 10.4. The lowest BCUT2D eigenvalue weighted by atomic mass is 10.1. The molecular weight excluding hydrogens is 228 g/mol. The third-order valence-electron chi connectivity index (χ3n) is 3.10. The van der Waals surface area contributed by atoms with Gasteiger partial charge in [-0.2, -0.15) is 5.26 Å². The second-order valence-electron chi connectivity index (χ2n) is 4.68. The highest BCUT2D eigenvalue weighted by molar-refractivity contribution is 5.69. The van der Waals surface area contributed by atoms with Crippen molar-refractivity contribution in [3.63, 3.8) is 0 Å². The monoisotopic (exact) mass is 244 g/mol. The number of ether oxygens (including phenoxy) is 1. The summed E-state index contributed by atoms with van der Waals surface area (Å²) in [6.45, 7) is 2.89. The molecule has 94 valence electrons. The van der Waals surface area contributed by atoms with E-state index in [0.717, 1.165) is 12.0 Å². The van der Waals surface area contributed by atoms with Crippen LogP contribution in [0.15, 0.2) is 30.3 Å². The lowest BCUT2D eigenvalue weighted by molar-refractivity contribution is 0.0973. The van der Waals surface area contributed by atoms with E-state index >= 15 is 0 Å². The number of carbonyl (C=O) groups excluding carboxylic acids is 1. The lowest BCUT2D eigenvalue weighted by Crippen LogP contribution is -2.35. The van der Waals surface area contributed by atoms with Crippen LogP contribution in [0.4, 0.5) is 4.79 Å². The molecule has 1 aliphatic heterocycles. The SMILES string of the molecule is C[C@H]1C[C@@H](C#N)N(C(=O)OCc2ccccc2)C1. The molecule has 1 heterocycles. The maximum atomic E-state index is 11.9. The van der Waals surface area contributed by atoms with Crippen molar-refractivity contribution in [3.8, 4) is 6.07 Å². The van der Waals surface area contributed by atoms with E-state index in [1.54, 1.807) is 0 Å². The number of carbonyl (C=O) groups is 1. The molecule has 0 saturated carbocycles. The summed E-state index contributed by atoms with van der Waals surface area (Å²) in [7, 11) is 0. The van der Waals surface area contributed by atoms with Gasteiger partial charge in [-0.25, -0.2) is 4.79 Å². The number of hydrogen-bond donors (Lipinski definition) is 0. The molecule has 18 heavy (non-hydrogen) atoms. The Morgan fingerprint density at radius 2 is 2.22 bits per heavy atom. The number of likely N-dealkylation sites (tertiary alicyclic amines) is 1. The van der Waals surface area contributed by atoms with Crippen molar-refractivity contribution in [3.05, 3.63) is 35.9 Å². The predicted molar refractivity (Wildman–Crippen MR) is 66.5 cm³/mol. The summed E-state index contributed by atoms with van der Waals surface area (Å²) < 4.78 is 5.23. The largest absolute Gasteiger partial charge is 0.445 e. The van der Waals surface area contributed by atoms with Crippen molar-refractivity contribution in [1.82, 2.24) is 4.90 Å². The van der Waals surface area contributed by atoms with Gasteiger partial charge >= 0.3 is 6.09 Å². The molecular formula is C14H16N2O2. The van der Waals surface area contributed by atoms with Gasteiger partial charge in [0.25, 0.3) is 0 Å². The smallest absolute Gasteiger partial charge is 0.411 e. The second-order valence-corrected chi connectivity index (χ2v) is 4.68. The summed E-state index contributed by atoms with van der Waals surface area (Å²) in [5, 5.41) is 8.99. The van der Waals surface area contributed by atoms with E-state index < -0.39 is 6.09 Å². The Balaban J connectivity index is 1.91. The molecule has 4 heteroatoms. The number of benzene rings is 1. The minimum absolute atomic E-state index is 0.253. The molecule has 1 saturated heterocycles. The van der Waals surface area contributed by atoms with Gasteiger partial charge in [0.2, 0.25) is 0 Å². The Labute approximate surface area is 107 Å². The van der Waals surface area contributed by atoms with Crippen LogP contribution in [0.1, 0.15) is 18.9 Å². The van der Waals surface area contributed by atoms with Gasteiger partial charge in [0.05, 0.1) is 6.07 Å². The highest BCUT2D eigenvalue weighted by Crippen LogP contribution is 2.23. The third kappa shape index (κ3) is 2.80. The summed E-state index contributed by atoms with van der Waals surface area (Å²) in [5.41, 5.74) is 0.951. The van der Waals surface area contributed by atoms with Gasteiger partial charge in [-0.05, 0) is 17.9 Å². The van der Waals surface area contributed by atoms with Crippen LogP contribution in [0.2, 0.25) is 0 Å². The van der Waals surface area contributed by atoms with E-state index in [0.29, 0.717) is 12.5 Å². The van der Waals surface area contributed by atoms with Crippen LogP contribution in [0.3, 0.4) is 0 Å². The standard InChI is InChI=1S/C14H16N2O2/c1-11-7-13(8-15)16(9-11)14(17)18-10-12-5-3-2-4-6-12/h2-6,11,13H,7,9-10H2,1H3/t11-,13-/m0/s1. The summed E-state index contributed by atoms with van der Waals surface area (Å²) in [6.07, 6.45) is 0.339. The summed E-state index contributed by atoms with van der Waals surface area (Å²) in [4.78, 5) is 13.4. The normalized spacial score (nSPS) is 22.6. The first-order chi connectivity index (χ1) is 8.70. The molecule has 0 radical (unpaired) electrons. The number of amides is 1. The fourth-order valence-electron chi connectivity index (χ4n) is 2.17. The first-order valence-electron chi connectivity index (χ1n) is 6.07. The Morgan fingerprint density at radius 3 is 2.89 bits per heavy atom. The van der Waals surface area contributed by atoms with Gasteiger partial charge in [0, 0.05) is 6.54 Å². The number of rotatable bonds is 2. The van der Waals surface area contributed by atoms with Crippen molar-refractivity contribution in [2.45, 2.75) is 26.0 Å². The van der Waals surface area contributed by atoms with Crippen LogP contribution in [0.5, 0.6) is 0 Å². The molecule has 0 N–H and O–H groups in total. The molecule has 0 unspecified atom stereocenters. The topological polar surface area (TPSA) is 53.3 Å². The van der Waals surface area contributed by atoms with E-state index in [1.807, 2.05) is 37.3 Å². The second kappa shape index (κ2) is 5.54. The Bertz CT molecular complexity index is 453. The van der Waals surface area contributed by atoms with E-state index in [2.05, 4.69) is 6.07 Å². The molecule has 0 aliphatic carbocycles. The molecule has 1 fully saturated rings. The number of nitrogens with zero attached hydrogens (tertiary/aromatic N) is 2. The third-order valence-corrected chi connectivity index (χ3v) is 3.10. The highest BCUT2D eigenvalue weighted by atomic mass is 16.6. The molecule has 1 aromatic carbocycles. The summed E-state index contributed by atoms with van der Waals surface area (Å²) in [5.74, 6) is 0.360. The van der Waals surface area contributed by atoms with Crippen LogP contribution in [0.25, 0.3) is 0 Å². The summed E-state index contributed by atoms with van der Waals surface area (Å²) in [6, 6.07) is 11.3. The minimum Gasteiger partial charge on any atom is -0.445 e. The number of hydrogen-bond acceptors (Lipinski definition) is 3. The molecule has 0 spiro atoms. The maximum absolute atomic E-state index is 11.9. The Hall–Kier alpha value is -2.02. The van der Waals surface area contributed by atoms with Gasteiger partial charge in [-0.15, -0.1) is 0 Å². The Kier molecular flexibility index (Phi) is 3.83. The molecule has 1 amide bonds. The van der Waals surface area contributed by atoms with Crippen LogP contribution < -0.4 is 0 Å². The molecule has 1 aromatic rings. The first kappa shape index (κ1) is 12.4. The average molecular weight is 244 g/mol. The van der Waals surface area contributed by atoms with Gasteiger partial charge in [0.15, 0.2) is 0 Å². The first-order valence-corrected chi connectivity index (χ1v) is 6.07. The van der Waals surface area contributed by atoms with E-state index in [-0.39, 0.29) is 12.6 Å². The molecule has 2 rings (SSSR count). The van der Waals surface area contributed by atoms with Gasteiger partial charge < -0.3 is 4.74 Å². The lowest BCUT2D eigenvalue weighted by Gasteiger charge is -2.19. The van der Waals surface area contributed by atoms with Crippen LogP contribution in [-0.4, -0.2) is 23.6 Å². The van der Waals surface area contributed by atoms with Crippen LogP contribution in [-0.2, 0) is 11.3 Å². The van der Waals surface area contributed by atoms with E-state index in [4.69, 9.17) is 10.00 Å². The highest BCUT2D eigenvalue weighted by Gasteiger charge is 2.34. The fourth-order valence-corrected chi connectivity index (χ4v) is 2.17. The maximum Gasteiger partial charge on any atom is 0.411 e. The molecule has 4 nitrogen and oxygen atoms in total. The number of nitriles is 1. The van der Waals surface area contributed by atoms with Gasteiger partial charge in [0.1, 0.15) is 12.6 Å². The van der Waals surface area contributed by atoms with Crippen molar-refractivity contribution >= 4 is 6.09 Å². The van der Waals surface area contributed by atoms with Crippen LogP contribution in [0, 0.1) is 17.2 Å².